The Labute approximate surface area is 119 Å². The Morgan fingerprint density at radius 2 is 1.47 bits per heavy atom. The molecule has 1 aliphatic heterocycles. The summed E-state index contributed by atoms with van der Waals surface area (Å²) < 4.78 is 0. The summed E-state index contributed by atoms with van der Waals surface area (Å²) in [7, 11) is 0. The summed E-state index contributed by atoms with van der Waals surface area (Å²) in [5.41, 5.74) is 0. The average molecular weight is 286 g/mol. The molecule has 1 heterocycles. The minimum absolute atomic E-state index is 0. The monoisotopic (exact) mass is 285 g/mol. The summed E-state index contributed by atoms with van der Waals surface area (Å²) in [6.45, 7) is 14.4. The van der Waals surface area contributed by atoms with Gasteiger partial charge in [0.05, 0.1) is 0 Å². The Morgan fingerprint density at radius 1 is 0.941 bits per heavy atom. The maximum absolute atomic E-state index is 3.40. The van der Waals surface area contributed by atoms with Gasteiger partial charge in [0.15, 0.2) is 0 Å². The molecule has 0 amide bonds. The first-order valence-corrected chi connectivity index (χ1v) is 6.52. The number of hydrogen-bond donors (Lipinski definition) is 1. The van der Waals surface area contributed by atoms with E-state index in [1.807, 2.05) is 0 Å². The van der Waals surface area contributed by atoms with Crippen LogP contribution in [0.3, 0.4) is 0 Å². The van der Waals surface area contributed by atoms with Crippen molar-refractivity contribution in [1.82, 2.24) is 15.1 Å². The van der Waals surface area contributed by atoms with Gasteiger partial charge >= 0.3 is 0 Å². The molecule has 0 aromatic heterocycles. The van der Waals surface area contributed by atoms with Crippen LogP contribution in [0.25, 0.3) is 0 Å². The van der Waals surface area contributed by atoms with Crippen LogP contribution in [0.2, 0.25) is 0 Å². The molecule has 106 valence electrons. The van der Waals surface area contributed by atoms with E-state index in [0.29, 0.717) is 0 Å². The molecule has 0 aromatic carbocycles. The standard InChI is InChI=1S/C12H27N3.2ClH/c1-3-7-14(8-4-2)11-12-15-9-5-13-6-10-15;;/h13H,3-12H2,1-2H3;2*1H. The number of nitrogens with one attached hydrogen (secondary N) is 1. The quantitative estimate of drug-likeness (QED) is 0.770. The Kier molecular flexibility index (Phi) is 15.0. The Bertz CT molecular complexity index is 147. The van der Waals surface area contributed by atoms with Crippen molar-refractivity contribution in [2.75, 3.05) is 52.4 Å². The molecule has 0 aliphatic carbocycles. The highest BCUT2D eigenvalue weighted by Gasteiger charge is 2.10. The third-order valence-electron chi connectivity index (χ3n) is 3.02. The molecule has 0 radical (unpaired) electrons. The van der Waals surface area contributed by atoms with Crippen molar-refractivity contribution < 1.29 is 0 Å². The predicted molar refractivity (Wildman–Crippen MR) is 80.8 cm³/mol. The Balaban J connectivity index is 0. The fourth-order valence-electron chi connectivity index (χ4n) is 2.19. The van der Waals surface area contributed by atoms with Gasteiger partial charge in [0.25, 0.3) is 0 Å². The highest BCUT2D eigenvalue weighted by atomic mass is 35.5. The maximum atomic E-state index is 3.40. The molecule has 1 fully saturated rings. The van der Waals surface area contributed by atoms with Gasteiger partial charge in [0, 0.05) is 39.3 Å². The van der Waals surface area contributed by atoms with Crippen molar-refractivity contribution in [3.8, 4) is 0 Å². The van der Waals surface area contributed by atoms with Crippen molar-refractivity contribution in [3.63, 3.8) is 0 Å². The zero-order valence-electron chi connectivity index (χ0n) is 11.3. The van der Waals surface area contributed by atoms with Crippen LogP contribution < -0.4 is 5.32 Å². The van der Waals surface area contributed by atoms with E-state index >= 15 is 0 Å². The molecule has 1 rings (SSSR count). The summed E-state index contributed by atoms with van der Waals surface area (Å²) in [6, 6.07) is 0. The van der Waals surface area contributed by atoms with E-state index in [4.69, 9.17) is 0 Å². The van der Waals surface area contributed by atoms with E-state index in [0.717, 1.165) is 0 Å². The first kappa shape index (κ1) is 19.8. The van der Waals surface area contributed by atoms with Crippen LogP contribution in [-0.2, 0) is 0 Å². The van der Waals surface area contributed by atoms with Crippen LogP contribution in [0.4, 0.5) is 0 Å². The summed E-state index contributed by atoms with van der Waals surface area (Å²) >= 11 is 0. The van der Waals surface area contributed by atoms with Crippen LogP contribution in [0, 0.1) is 0 Å². The second kappa shape index (κ2) is 12.9. The molecule has 5 heteroatoms. The highest BCUT2D eigenvalue weighted by molar-refractivity contribution is 5.85. The molecule has 1 aliphatic rings. The topological polar surface area (TPSA) is 18.5 Å². The fourth-order valence-corrected chi connectivity index (χ4v) is 2.19. The first-order chi connectivity index (χ1) is 7.36. The molecule has 3 nitrogen and oxygen atoms in total. The molecular formula is C12H29Cl2N3. The van der Waals surface area contributed by atoms with Crippen LogP contribution >= 0.6 is 24.8 Å². The van der Waals surface area contributed by atoms with E-state index in [-0.39, 0.29) is 24.8 Å². The second-order valence-corrected chi connectivity index (χ2v) is 4.43. The summed E-state index contributed by atoms with van der Waals surface area (Å²) in [4.78, 5) is 5.18. The van der Waals surface area contributed by atoms with Crippen molar-refractivity contribution in [1.29, 1.82) is 0 Å². The predicted octanol–water partition coefficient (Wildman–Crippen LogP) is 1.86. The zero-order chi connectivity index (χ0) is 10.9. The van der Waals surface area contributed by atoms with Crippen LogP contribution in [0.15, 0.2) is 0 Å². The number of piperazine rings is 1. The normalized spacial score (nSPS) is 16.4. The minimum atomic E-state index is 0. The van der Waals surface area contributed by atoms with E-state index in [2.05, 4.69) is 29.0 Å². The van der Waals surface area contributed by atoms with E-state index in [1.165, 1.54) is 65.2 Å². The minimum Gasteiger partial charge on any atom is -0.314 e. The number of hydrogen-bond acceptors (Lipinski definition) is 3. The molecule has 1 saturated heterocycles. The number of halogens is 2. The van der Waals surface area contributed by atoms with Gasteiger partial charge in [0.1, 0.15) is 0 Å². The van der Waals surface area contributed by atoms with E-state index in [9.17, 15) is 0 Å². The molecule has 1 N–H and O–H groups in total. The molecule has 0 unspecified atom stereocenters. The first-order valence-electron chi connectivity index (χ1n) is 6.52. The van der Waals surface area contributed by atoms with Crippen molar-refractivity contribution in [2.24, 2.45) is 0 Å². The van der Waals surface area contributed by atoms with Crippen LogP contribution in [-0.4, -0.2) is 62.2 Å². The molecule has 0 aromatic rings. The van der Waals surface area contributed by atoms with Crippen molar-refractivity contribution in [2.45, 2.75) is 26.7 Å². The van der Waals surface area contributed by atoms with Crippen molar-refractivity contribution in [3.05, 3.63) is 0 Å². The maximum Gasteiger partial charge on any atom is 0.0110 e. The molecule has 17 heavy (non-hydrogen) atoms. The molecule has 0 saturated carbocycles. The third-order valence-corrected chi connectivity index (χ3v) is 3.02. The fraction of sp³-hybridized carbons (Fsp3) is 1.00. The van der Waals surface area contributed by atoms with Gasteiger partial charge in [0.2, 0.25) is 0 Å². The van der Waals surface area contributed by atoms with Crippen LogP contribution in [0.5, 0.6) is 0 Å². The SMILES string of the molecule is CCCN(CCC)CCN1CCNCC1.Cl.Cl. The van der Waals surface area contributed by atoms with E-state index in [1.54, 1.807) is 0 Å². The molecular weight excluding hydrogens is 257 g/mol. The zero-order valence-corrected chi connectivity index (χ0v) is 12.9. The van der Waals surface area contributed by atoms with Crippen LogP contribution in [0.1, 0.15) is 26.7 Å². The molecule has 0 bridgehead atoms. The second-order valence-electron chi connectivity index (χ2n) is 4.43. The number of rotatable bonds is 7. The smallest absolute Gasteiger partial charge is 0.0110 e. The van der Waals surface area contributed by atoms with Gasteiger partial charge in [-0.25, -0.2) is 0 Å². The average Bonchev–Trinajstić information content (AvgIpc) is 2.28. The largest absolute Gasteiger partial charge is 0.314 e. The lowest BCUT2D eigenvalue weighted by Crippen LogP contribution is -2.46. The van der Waals surface area contributed by atoms with Gasteiger partial charge < -0.3 is 10.2 Å². The molecule has 0 spiro atoms. The Morgan fingerprint density at radius 3 is 1.94 bits per heavy atom. The highest BCUT2D eigenvalue weighted by Crippen LogP contribution is 1.97. The van der Waals surface area contributed by atoms with E-state index < -0.39 is 0 Å². The lowest BCUT2D eigenvalue weighted by Gasteiger charge is -2.30. The van der Waals surface area contributed by atoms with Crippen molar-refractivity contribution >= 4 is 24.8 Å². The van der Waals surface area contributed by atoms with Gasteiger partial charge in [-0.1, -0.05) is 13.8 Å². The third kappa shape index (κ3) is 9.09. The lowest BCUT2D eigenvalue weighted by molar-refractivity contribution is 0.188. The summed E-state index contributed by atoms with van der Waals surface area (Å²) in [5.74, 6) is 0. The van der Waals surface area contributed by atoms with Gasteiger partial charge in [-0.2, -0.15) is 0 Å². The Hall–Kier alpha value is 0.460. The summed E-state index contributed by atoms with van der Waals surface area (Å²) in [5, 5.41) is 3.40. The van der Waals surface area contributed by atoms with Gasteiger partial charge in [-0.15, -0.1) is 24.8 Å². The number of nitrogens with zero attached hydrogens (tertiary/aromatic N) is 2. The van der Waals surface area contributed by atoms with Gasteiger partial charge in [-0.3, -0.25) is 4.90 Å². The lowest BCUT2D eigenvalue weighted by atomic mass is 10.3. The van der Waals surface area contributed by atoms with Gasteiger partial charge in [-0.05, 0) is 25.9 Å². The summed E-state index contributed by atoms with van der Waals surface area (Å²) in [6.07, 6.45) is 2.56. The molecule has 0 atom stereocenters.